The first kappa shape index (κ1) is 16.7. The van der Waals surface area contributed by atoms with Crippen LogP contribution in [0.3, 0.4) is 0 Å². The van der Waals surface area contributed by atoms with E-state index in [1.165, 1.54) is 19.4 Å². The van der Waals surface area contributed by atoms with Crippen LogP contribution in [0.4, 0.5) is 0 Å². The molecule has 0 bridgehead atoms. The number of carboxylic acid groups (broad SMARTS) is 1. The van der Waals surface area contributed by atoms with Crippen LogP contribution in [0.15, 0.2) is 33.0 Å². The molecule has 0 saturated carbocycles. The van der Waals surface area contributed by atoms with E-state index in [0.717, 1.165) is 11.8 Å². The lowest BCUT2D eigenvalue weighted by atomic mass is 10.2. The standard InChI is InChI=1S/C13H14N4O5S/c1-7(12(20)21)15-10(18)5-9-11(19)16-13(23-9)17-14-6-8-3-2-4-22-8/h2-4,6-7,9H,5H2,1H3,(H,15,18)(H,20,21)(H,16,17,19)/t7-,9+/m1/s1. The number of hydrogen-bond acceptors (Lipinski definition) is 7. The average molecular weight is 338 g/mol. The average Bonchev–Trinajstić information content (AvgIpc) is 3.09. The summed E-state index contributed by atoms with van der Waals surface area (Å²) in [6.45, 7) is 1.35. The van der Waals surface area contributed by atoms with Gasteiger partial charge in [0.15, 0.2) is 5.17 Å². The molecule has 1 aliphatic rings. The molecule has 1 aliphatic heterocycles. The van der Waals surface area contributed by atoms with Crippen LogP contribution in [0.1, 0.15) is 19.1 Å². The van der Waals surface area contributed by atoms with Gasteiger partial charge in [0.2, 0.25) is 11.8 Å². The zero-order valence-electron chi connectivity index (χ0n) is 12.1. The molecule has 2 rings (SSSR count). The Hall–Kier alpha value is -2.62. The summed E-state index contributed by atoms with van der Waals surface area (Å²) in [6.07, 6.45) is 2.73. The van der Waals surface area contributed by atoms with Crippen LogP contribution >= 0.6 is 11.8 Å². The van der Waals surface area contributed by atoms with Crippen LogP contribution in [0, 0.1) is 0 Å². The molecule has 0 aromatic carbocycles. The molecular weight excluding hydrogens is 324 g/mol. The number of amides is 2. The van der Waals surface area contributed by atoms with Crippen molar-refractivity contribution in [2.24, 2.45) is 10.2 Å². The van der Waals surface area contributed by atoms with Gasteiger partial charge in [-0.1, -0.05) is 11.8 Å². The first-order valence-corrected chi connectivity index (χ1v) is 7.48. The molecule has 23 heavy (non-hydrogen) atoms. The van der Waals surface area contributed by atoms with Crippen molar-refractivity contribution in [3.05, 3.63) is 24.2 Å². The normalized spacial score (nSPS) is 20.7. The fourth-order valence-electron chi connectivity index (χ4n) is 1.62. The van der Waals surface area contributed by atoms with Crippen LogP contribution in [0.5, 0.6) is 0 Å². The number of aliphatic carboxylic acids is 1. The summed E-state index contributed by atoms with van der Waals surface area (Å²) < 4.78 is 5.04. The number of nitrogens with zero attached hydrogens (tertiary/aromatic N) is 2. The summed E-state index contributed by atoms with van der Waals surface area (Å²) >= 11 is 1.06. The molecule has 1 saturated heterocycles. The first-order valence-electron chi connectivity index (χ1n) is 6.60. The lowest BCUT2D eigenvalue weighted by molar-refractivity contribution is -0.141. The number of furan rings is 1. The monoisotopic (exact) mass is 338 g/mol. The molecule has 0 radical (unpaired) electrons. The Morgan fingerprint density at radius 2 is 2.39 bits per heavy atom. The third kappa shape index (κ3) is 4.95. The Kier molecular flexibility index (Phi) is 5.52. The highest BCUT2D eigenvalue weighted by molar-refractivity contribution is 8.15. The minimum absolute atomic E-state index is 0.144. The lowest BCUT2D eigenvalue weighted by Crippen LogP contribution is -2.40. The zero-order valence-corrected chi connectivity index (χ0v) is 12.9. The molecule has 3 N–H and O–H groups in total. The Bertz CT molecular complexity index is 655. The highest BCUT2D eigenvalue weighted by Crippen LogP contribution is 2.22. The first-order chi connectivity index (χ1) is 11.0. The summed E-state index contributed by atoms with van der Waals surface area (Å²) in [4.78, 5) is 34.1. The fraction of sp³-hybridized carbons (Fsp3) is 0.308. The van der Waals surface area contributed by atoms with Crippen molar-refractivity contribution in [2.75, 3.05) is 0 Å². The van der Waals surface area contributed by atoms with Gasteiger partial charge in [-0.15, -0.1) is 5.10 Å². The SMILES string of the molecule is C[C@@H](NC(=O)C[C@@H]1S/C(=N/N=Cc2ccco2)NC1=O)C(=O)O. The topological polar surface area (TPSA) is 133 Å². The summed E-state index contributed by atoms with van der Waals surface area (Å²) in [5.41, 5.74) is 0. The molecule has 2 atom stereocenters. The Balaban J connectivity index is 1.87. The van der Waals surface area contributed by atoms with Crippen LogP contribution in [-0.4, -0.2) is 45.6 Å². The van der Waals surface area contributed by atoms with Gasteiger partial charge in [-0.2, -0.15) is 5.10 Å². The van der Waals surface area contributed by atoms with Crippen molar-refractivity contribution in [1.29, 1.82) is 0 Å². The highest BCUT2D eigenvalue weighted by Gasteiger charge is 2.32. The minimum Gasteiger partial charge on any atom is -0.480 e. The quantitative estimate of drug-likeness (QED) is 0.500. The predicted octanol–water partition coefficient (Wildman–Crippen LogP) is 0.180. The van der Waals surface area contributed by atoms with Crippen molar-refractivity contribution in [3.8, 4) is 0 Å². The fourth-order valence-corrected chi connectivity index (χ4v) is 2.54. The maximum absolute atomic E-state index is 11.8. The molecule has 1 aromatic rings. The van der Waals surface area contributed by atoms with Crippen molar-refractivity contribution >= 4 is 40.9 Å². The third-order valence-electron chi connectivity index (χ3n) is 2.77. The molecule has 1 aromatic heterocycles. The van der Waals surface area contributed by atoms with Gasteiger partial charge in [-0.3, -0.25) is 14.4 Å². The molecule has 0 spiro atoms. The number of thioether (sulfide) groups is 1. The van der Waals surface area contributed by atoms with E-state index in [1.807, 2.05) is 0 Å². The third-order valence-corrected chi connectivity index (χ3v) is 3.84. The Morgan fingerprint density at radius 3 is 3.04 bits per heavy atom. The van der Waals surface area contributed by atoms with E-state index < -0.39 is 23.2 Å². The summed E-state index contributed by atoms with van der Waals surface area (Å²) in [5.74, 6) is -1.52. The molecule has 0 aliphatic carbocycles. The number of nitrogens with one attached hydrogen (secondary N) is 2. The summed E-state index contributed by atoms with van der Waals surface area (Å²) in [6, 6.07) is 2.39. The van der Waals surface area contributed by atoms with E-state index in [9.17, 15) is 14.4 Å². The Labute approximate surface area is 135 Å². The maximum atomic E-state index is 11.8. The van der Waals surface area contributed by atoms with Gasteiger partial charge in [-0.25, -0.2) is 0 Å². The molecule has 2 amide bonds. The van der Waals surface area contributed by atoms with Crippen LogP contribution in [-0.2, 0) is 14.4 Å². The largest absolute Gasteiger partial charge is 0.480 e. The number of carbonyl (C=O) groups excluding carboxylic acids is 2. The molecule has 122 valence electrons. The highest BCUT2D eigenvalue weighted by atomic mass is 32.2. The van der Waals surface area contributed by atoms with Crippen molar-refractivity contribution in [3.63, 3.8) is 0 Å². The predicted molar refractivity (Wildman–Crippen MR) is 83.1 cm³/mol. The van der Waals surface area contributed by atoms with Gasteiger partial charge in [0.25, 0.3) is 0 Å². The summed E-state index contributed by atoms with van der Waals surface area (Å²) in [5, 5.41) is 20.7. The van der Waals surface area contributed by atoms with Gasteiger partial charge >= 0.3 is 5.97 Å². The molecule has 2 heterocycles. The summed E-state index contributed by atoms with van der Waals surface area (Å²) in [7, 11) is 0. The van der Waals surface area contributed by atoms with E-state index in [0.29, 0.717) is 5.76 Å². The van der Waals surface area contributed by atoms with E-state index in [2.05, 4.69) is 20.8 Å². The minimum atomic E-state index is -1.14. The molecule has 10 heteroatoms. The molecule has 0 unspecified atom stereocenters. The second kappa shape index (κ2) is 7.58. The van der Waals surface area contributed by atoms with Crippen LogP contribution in [0.2, 0.25) is 0 Å². The number of carbonyl (C=O) groups is 3. The van der Waals surface area contributed by atoms with Crippen molar-refractivity contribution in [2.45, 2.75) is 24.6 Å². The molecule has 9 nitrogen and oxygen atoms in total. The van der Waals surface area contributed by atoms with E-state index in [4.69, 9.17) is 9.52 Å². The maximum Gasteiger partial charge on any atom is 0.325 e. The zero-order chi connectivity index (χ0) is 16.8. The van der Waals surface area contributed by atoms with E-state index in [-0.39, 0.29) is 17.5 Å². The van der Waals surface area contributed by atoms with Gasteiger partial charge < -0.3 is 20.2 Å². The lowest BCUT2D eigenvalue weighted by Gasteiger charge is -2.10. The van der Waals surface area contributed by atoms with Gasteiger partial charge in [0.1, 0.15) is 17.1 Å². The van der Waals surface area contributed by atoms with E-state index >= 15 is 0 Å². The Morgan fingerprint density at radius 1 is 1.61 bits per heavy atom. The molecule has 1 fully saturated rings. The second-order valence-electron chi connectivity index (χ2n) is 4.59. The van der Waals surface area contributed by atoms with E-state index in [1.54, 1.807) is 12.1 Å². The van der Waals surface area contributed by atoms with Gasteiger partial charge in [0, 0.05) is 6.42 Å². The van der Waals surface area contributed by atoms with Gasteiger partial charge in [0.05, 0.1) is 12.5 Å². The van der Waals surface area contributed by atoms with Crippen molar-refractivity contribution < 1.29 is 23.9 Å². The number of rotatable bonds is 6. The smallest absolute Gasteiger partial charge is 0.325 e. The van der Waals surface area contributed by atoms with Crippen LogP contribution < -0.4 is 10.6 Å². The number of amidine groups is 1. The number of carboxylic acids is 1. The second-order valence-corrected chi connectivity index (χ2v) is 5.78. The van der Waals surface area contributed by atoms with Crippen molar-refractivity contribution in [1.82, 2.24) is 10.6 Å². The van der Waals surface area contributed by atoms with Gasteiger partial charge in [-0.05, 0) is 19.1 Å². The molecular formula is C13H14N4O5S. The van der Waals surface area contributed by atoms with Crippen LogP contribution in [0.25, 0.3) is 0 Å². The number of hydrogen-bond donors (Lipinski definition) is 3.